The van der Waals surface area contributed by atoms with Crippen LogP contribution in [-0.2, 0) is 4.79 Å². The molecule has 4 heteroatoms. The van der Waals surface area contributed by atoms with E-state index in [-0.39, 0.29) is 0 Å². The van der Waals surface area contributed by atoms with Gasteiger partial charge in [-0.05, 0) is 39.3 Å². The first kappa shape index (κ1) is 13.6. The Hall–Kier alpha value is -0.870. The molecule has 2 fully saturated rings. The summed E-state index contributed by atoms with van der Waals surface area (Å²) < 4.78 is 0. The lowest BCUT2D eigenvalue weighted by Gasteiger charge is -2.32. The predicted molar refractivity (Wildman–Crippen MR) is 71.7 cm³/mol. The fraction of sp³-hybridized carbons (Fsp3) is 0.786. The first-order chi connectivity index (χ1) is 8.66. The van der Waals surface area contributed by atoms with Crippen molar-refractivity contribution in [2.24, 2.45) is 0 Å². The van der Waals surface area contributed by atoms with Gasteiger partial charge in [0.15, 0.2) is 0 Å². The van der Waals surface area contributed by atoms with Crippen molar-refractivity contribution in [2.45, 2.75) is 38.6 Å². The Bertz CT molecular complexity index is 322. The molecule has 0 bridgehead atoms. The van der Waals surface area contributed by atoms with Crippen LogP contribution in [0.1, 0.15) is 32.6 Å². The van der Waals surface area contributed by atoms with Crippen molar-refractivity contribution in [3.05, 3.63) is 11.6 Å². The highest BCUT2D eigenvalue weighted by molar-refractivity contribution is 5.85. The van der Waals surface area contributed by atoms with E-state index in [1.54, 1.807) is 6.92 Å². The number of rotatable bonds is 4. The predicted octanol–water partition coefficient (Wildman–Crippen LogP) is 1.58. The molecule has 102 valence electrons. The van der Waals surface area contributed by atoms with Crippen molar-refractivity contribution < 1.29 is 9.90 Å². The van der Waals surface area contributed by atoms with E-state index in [2.05, 4.69) is 9.80 Å². The van der Waals surface area contributed by atoms with Gasteiger partial charge < -0.3 is 5.11 Å². The zero-order chi connectivity index (χ0) is 13.0. The Morgan fingerprint density at radius 1 is 1.28 bits per heavy atom. The van der Waals surface area contributed by atoms with Crippen LogP contribution >= 0.6 is 0 Å². The smallest absolute Gasteiger partial charge is 0.330 e. The fourth-order valence-electron chi connectivity index (χ4n) is 2.91. The molecule has 2 aliphatic heterocycles. The molecule has 2 aliphatic rings. The Balaban J connectivity index is 1.77. The highest BCUT2D eigenvalue weighted by atomic mass is 16.4. The summed E-state index contributed by atoms with van der Waals surface area (Å²) in [5.74, 6) is -0.804. The molecule has 2 saturated heterocycles. The summed E-state index contributed by atoms with van der Waals surface area (Å²) in [6, 6.07) is 0.698. The van der Waals surface area contributed by atoms with Gasteiger partial charge in [0.25, 0.3) is 0 Å². The molecule has 18 heavy (non-hydrogen) atoms. The minimum Gasteiger partial charge on any atom is -0.478 e. The third kappa shape index (κ3) is 3.56. The highest BCUT2D eigenvalue weighted by Gasteiger charge is 2.27. The zero-order valence-electron chi connectivity index (χ0n) is 11.3. The summed E-state index contributed by atoms with van der Waals surface area (Å²) >= 11 is 0. The van der Waals surface area contributed by atoms with Gasteiger partial charge in [-0.2, -0.15) is 0 Å². The first-order valence-electron chi connectivity index (χ1n) is 7.03. The molecule has 1 atom stereocenters. The number of hydrogen-bond acceptors (Lipinski definition) is 3. The van der Waals surface area contributed by atoms with Crippen LogP contribution in [0.25, 0.3) is 0 Å². The third-order valence-electron chi connectivity index (χ3n) is 4.15. The normalized spacial score (nSPS) is 27.6. The summed E-state index contributed by atoms with van der Waals surface area (Å²) in [7, 11) is 0. The van der Waals surface area contributed by atoms with Gasteiger partial charge in [0.1, 0.15) is 0 Å². The van der Waals surface area contributed by atoms with Crippen molar-refractivity contribution in [3.8, 4) is 0 Å². The van der Waals surface area contributed by atoms with Crippen molar-refractivity contribution >= 4 is 5.97 Å². The molecule has 0 radical (unpaired) electrons. The Morgan fingerprint density at radius 2 is 2.00 bits per heavy atom. The van der Waals surface area contributed by atoms with Gasteiger partial charge in [0.05, 0.1) is 0 Å². The zero-order valence-corrected chi connectivity index (χ0v) is 11.3. The third-order valence-corrected chi connectivity index (χ3v) is 4.15. The van der Waals surface area contributed by atoms with Crippen LogP contribution in [0.5, 0.6) is 0 Å². The molecule has 0 aliphatic carbocycles. The number of likely N-dealkylation sites (tertiary alicyclic amines) is 2. The molecule has 0 aromatic rings. The van der Waals surface area contributed by atoms with E-state index >= 15 is 0 Å². The van der Waals surface area contributed by atoms with Gasteiger partial charge in [0.2, 0.25) is 0 Å². The van der Waals surface area contributed by atoms with Crippen LogP contribution in [0.3, 0.4) is 0 Å². The Morgan fingerprint density at radius 3 is 2.67 bits per heavy atom. The molecule has 0 amide bonds. The highest BCUT2D eigenvalue weighted by Crippen LogP contribution is 2.20. The second-order valence-corrected chi connectivity index (χ2v) is 5.49. The average Bonchev–Trinajstić information content (AvgIpc) is 2.85. The molecule has 1 unspecified atom stereocenters. The van der Waals surface area contributed by atoms with Crippen LogP contribution in [0, 0.1) is 0 Å². The number of hydrogen-bond donors (Lipinski definition) is 1. The van der Waals surface area contributed by atoms with Crippen LogP contribution in [0.15, 0.2) is 11.6 Å². The Kier molecular flexibility index (Phi) is 4.78. The van der Waals surface area contributed by atoms with Crippen molar-refractivity contribution in [1.82, 2.24) is 9.80 Å². The van der Waals surface area contributed by atoms with E-state index in [0.717, 1.165) is 19.6 Å². The largest absolute Gasteiger partial charge is 0.478 e. The minimum atomic E-state index is -0.804. The van der Waals surface area contributed by atoms with Gasteiger partial charge in [-0.25, -0.2) is 4.79 Å². The van der Waals surface area contributed by atoms with Crippen molar-refractivity contribution in [1.29, 1.82) is 0 Å². The maximum atomic E-state index is 10.7. The second kappa shape index (κ2) is 6.34. The molecule has 0 spiro atoms. The average molecular weight is 252 g/mol. The van der Waals surface area contributed by atoms with E-state index < -0.39 is 5.97 Å². The molecular weight excluding hydrogens is 228 g/mol. The number of carbonyl (C=O) groups is 1. The quantitative estimate of drug-likeness (QED) is 0.772. The maximum absolute atomic E-state index is 10.7. The first-order valence-corrected chi connectivity index (χ1v) is 7.03. The monoisotopic (exact) mass is 252 g/mol. The van der Waals surface area contributed by atoms with E-state index in [9.17, 15) is 4.79 Å². The molecular formula is C14H24N2O2. The number of carboxylic acids is 1. The molecule has 0 aromatic carbocycles. The van der Waals surface area contributed by atoms with Gasteiger partial charge in [0, 0.05) is 31.2 Å². The molecule has 0 saturated carbocycles. The fourth-order valence-corrected chi connectivity index (χ4v) is 2.91. The van der Waals surface area contributed by atoms with Crippen LogP contribution in [0.2, 0.25) is 0 Å². The van der Waals surface area contributed by atoms with Gasteiger partial charge in [-0.3, -0.25) is 9.80 Å². The van der Waals surface area contributed by atoms with Crippen LogP contribution in [-0.4, -0.2) is 59.6 Å². The topological polar surface area (TPSA) is 43.8 Å². The molecule has 1 N–H and O–H groups in total. The van der Waals surface area contributed by atoms with E-state index in [4.69, 9.17) is 5.11 Å². The number of piperidine rings is 1. The van der Waals surface area contributed by atoms with Crippen LogP contribution < -0.4 is 0 Å². The summed E-state index contributed by atoms with van der Waals surface area (Å²) in [6.45, 7) is 7.15. The molecule has 2 rings (SSSR count). The maximum Gasteiger partial charge on any atom is 0.330 e. The molecule has 4 nitrogen and oxygen atoms in total. The standard InChI is InChI=1S/C14H24N2O2/c1-12(14(17)18)5-9-15-10-6-13(11-15)16-7-3-2-4-8-16/h5,13H,2-4,6-11H2,1H3,(H,17,18). The minimum absolute atomic E-state index is 0.455. The van der Waals surface area contributed by atoms with E-state index in [1.807, 2.05) is 6.08 Å². The van der Waals surface area contributed by atoms with E-state index in [0.29, 0.717) is 11.6 Å². The van der Waals surface area contributed by atoms with Gasteiger partial charge >= 0.3 is 5.97 Å². The lowest BCUT2D eigenvalue weighted by molar-refractivity contribution is -0.132. The lowest BCUT2D eigenvalue weighted by atomic mass is 10.1. The second-order valence-electron chi connectivity index (χ2n) is 5.49. The summed E-state index contributed by atoms with van der Waals surface area (Å²) in [5.41, 5.74) is 0.455. The lowest BCUT2D eigenvalue weighted by Crippen LogP contribution is -2.40. The summed E-state index contributed by atoms with van der Waals surface area (Å²) in [4.78, 5) is 15.7. The van der Waals surface area contributed by atoms with Crippen LogP contribution in [0.4, 0.5) is 0 Å². The van der Waals surface area contributed by atoms with Gasteiger partial charge in [-0.1, -0.05) is 12.5 Å². The number of nitrogens with zero attached hydrogens (tertiary/aromatic N) is 2. The number of carboxylic acid groups (broad SMARTS) is 1. The number of aliphatic carboxylic acids is 1. The Labute approximate surface area is 109 Å². The molecule has 0 aromatic heterocycles. The van der Waals surface area contributed by atoms with Gasteiger partial charge in [-0.15, -0.1) is 0 Å². The molecule has 2 heterocycles. The van der Waals surface area contributed by atoms with Crippen molar-refractivity contribution in [2.75, 3.05) is 32.7 Å². The summed E-state index contributed by atoms with van der Waals surface area (Å²) in [5, 5.41) is 8.82. The van der Waals surface area contributed by atoms with E-state index in [1.165, 1.54) is 38.8 Å². The summed E-state index contributed by atoms with van der Waals surface area (Å²) in [6.07, 6.45) is 7.14. The van der Waals surface area contributed by atoms with Crippen molar-refractivity contribution in [3.63, 3.8) is 0 Å². The SMILES string of the molecule is CC(=CCN1CCC(N2CCCCC2)C1)C(=O)O.